The molecule has 0 aliphatic heterocycles. The molecule has 0 unspecified atom stereocenters. The number of carboxylic acids is 1. The maximum absolute atomic E-state index is 12.0. The van der Waals surface area contributed by atoms with Crippen molar-refractivity contribution in [3.63, 3.8) is 0 Å². The van der Waals surface area contributed by atoms with Gasteiger partial charge in [0.1, 0.15) is 0 Å². The van der Waals surface area contributed by atoms with Crippen molar-refractivity contribution < 1.29 is 19.5 Å². The van der Waals surface area contributed by atoms with Crippen LogP contribution in [0.1, 0.15) is 23.6 Å². The Balaban J connectivity index is 2.27. The third-order valence-corrected chi connectivity index (χ3v) is 3.78. The molecule has 2 aromatic carbocycles. The van der Waals surface area contributed by atoms with E-state index in [4.69, 9.17) is 28.3 Å². The van der Waals surface area contributed by atoms with Crippen LogP contribution in [-0.2, 0) is 14.4 Å². The largest absolute Gasteiger partial charge is 0.475 e. The number of amides is 1. The van der Waals surface area contributed by atoms with Crippen molar-refractivity contribution in [1.29, 1.82) is 0 Å². The molecular formula is C17H13Cl2NO4. The molecule has 0 spiro atoms. The summed E-state index contributed by atoms with van der Waals surface area (Å²) < 4.78 is 0. The molecule has 2 aromatic rings. The van der Waals surface area contributed by atoms with Gasteiger partial charge in [-0.05, 0) is 35.4 Å². The third-order valence-electron chi connectivity index (χ3n) is 3.27. The number of rotatable bonds is 6. The van der Waals surface area contributed by atoms with Crippen molar-refractivity contribution in [2.24, 2.45) is 0 Å². The summed E-state index contributed by atoms with van der Waals surface area (Å²) in [6.45, 7) is 0. The van der Waals surface area contributed by atoms with Crippen LogP contribution in [-0.4, -0.2) is 22.8 Å². The highest BCUT2D eigenvalue weighted by molar-refractivity contribution is 6.36. The van der Waals surface area contributed by atoms with Crippen molar-refractivity contribution in [2.45, 2.75) is 12.5 Å². The number of benzene rings is 2. The SMILES string of the molecule is O=C(CC(=O)C(=O)O)NC(c1ccc(Cl)cc1)c1ccc(Cl)cc1. The van der Waals surface area contributed by atoms with Crippen molar-refractivity contribution in [3.05, 3.63) is 69.7 Å². The summed E-state index contributed by atoms with van der Waals surface area (Å²) in [6.07, 6.45) is -0.729. The van der Waals surface area contributed by atoms with Crippen LogP contribution in [0.5, 0.6) is 0 Å². The Bertz CT molecular complexity index is 712. The Kier molecular flexibility index (Phi) is 5.95. The monoisotopic (exact) mass is 365 g/mol. The van der Waals surface area contributed by atoms with Crippen LogP contribution in [0, 0.1) is 0 Å². The lowest BCUT2D eigenvalue weighted by atomic mass is 9.98. The van der Waals surface area contributed by atoms with Gasteiger partial charge in [-0.2, -0.15) is 0 Å². The van der Waals surface area contributed by atoms with Gasteiger partial charge >= 0.3 is 5.97 Å². The lowest BCUT2D eigenvalue weighted by Gasteiger charge is -2.20. The number of carbonyl (C=O) groups excluding carboxylic acids is 2. The van der Waals surface area contributed by atoms with Crippen molar-refractivity contribution in [3.8, 4) is 0 Å². The van der Waals surface area contributed by atoms with Gasteiger partial charge in [-0.1, -0.05) is 47.5 Å². The van der Waals surface area contributed by atoms with Crippen LogP contribution >= 0.6 is 23.2 Å². The summed E-state index contributed by atoms with van der Waals surface area (Å²) >= 11 is 11.8. The van der Waals surface area contributed by atoms with E-state index in [2.05, 4.69) is 5.32 Å². The molecule has 124 valence electrons. The van der Waals surface area contributed by atoms with Gasteiger partial charge in [0, 0.05) is 10.0 Å². The van der Waals surface area contributed by atoms with E-state index in [1.807, 2.05) is 0 Å². The number of carbonyl (C=O) groups is 3. The molecule has 0 atom stereocenters. The average molecular weight is 366 g/mol. The predicted octanol–water partition coefficient (Wildman–Crippen LogP) is 3.24. The fourth-order valence-electron chi connectivity index (χ4n) is 2.10. The maximum atomic E-state index is 12.0. The number of carboxylic acid groups (broad SMARTS) is 1. The first kappa shape index (κ1) is 18.0. The molecule has 0 aliphatic carbocycles. The zero-order valence-electron chi connectivity index (χ0n) is 12.3. The Labute approximate surface area is 148 Å². The van der Waals surface area contributed by atoms with Crippen LogP contribution in [0.25, 0.3) is 0 Å². The summed E-state index contributed by atoms with van der Waals surface area (Å²) in [5.41, 5.74) is 1.47. The Hall–Kier alpha value is -2.37. The van der Waals surface area contributed by atoms with Gasteiger partial charge in [-0.25, -0.2) is 4.79 Å². The maximum Gasteiger partial charge on any atom is 0.372 e. The number of Topliss-reactive ketones (excluding diaryl/α,β-unsaturated/α-hetero) is 1. The van der Waals surface area contributed by atoms with Crippen molar-refractivity contribution in [1.82, 2.24) is 5.32 Å². The van der Waals surface area contributed by atoms with Gasteiger partial charge < -0.3 is 10.4 Å². The smallest absolute Gasteiger partial charge is 0.372 e. The average Bonchev–Trinajstić information content (AvgIpc) is 2.54. The fourth-order valence-corrected chi connectivity index (χ4v) is 2.36. The summed E-state index contributed by atoms with van der Waals surface area (Å²) in [7, 11) is 0. The minimum atomic E-state index is -1.64. The van der Waals surface area contributed by atoms with E-state index in [0.29, 0.717) is 10.0 Å². The predicted molar refractivity (Wildman–Crippen MR) is 90.1 cm³/mol. The van der Waals surface area contributed by atoms with Gasteiger partial charge in [-0.3, -0.25) is 9.59 Å². The van der Waals surface area contributed by atoms with E-state index in [1.54, 1.807) is 48.5 Å². The molecule has 5 nitrogen and oxygen atoms in total. The molecule has 0 fully saturated rings. The first-order valence-corrected chi connectivity index (χ1v) is 7.69. The number of hydrogen-bond acceptors (Lipinski definition) is 3. The molecule has 1 amide bonds. The first-order valence-electron chi connectivity index (χ1n) is 6.93. The molecule has 7 heteroatoms. The van der Waals surface area contributed by atoms with Gasteiger partial charge in [0.05, 0.1) is 12.5 Å². The van der Waals surface area contributed by atoms with E-state index >= 15 is 0 Å². The number of ketones is 1. The standard InChI is InChI=1S/C17H13Cl2NO4/c18-12-5-1-10(2-6-12)16(11-3-7-13(19)8-4-11)20-15(22)9-14(21)17(23)24/h1-8,16H,9H2,(H,20,22)(H,23,24). The van der Waals surface area contributed by atoms with E-state index in [1.165, 1.54) is 0 Å². The second kappa shape index (κ2) is 7.95. The molecule has 0 aliphatic rings. The summed E-state index contributed by atoms with van der Waals surface area (Å²) in [5, 5.41) is 12.4. The lowest BCUT2D eigenvalue weighted by molar-refractivity contribution is -0.150. The molecule has 0 radical (unpaired) electrons. The molecule has 0 heterocycles. The van der Waals surface area contributed by atoms with E-state index in [0.717, 1.165) is 11.1 Å². The molecule has 0 bridgehead atoms. The second-order valence-corrected chi connectivity index (χ2v) is 5.88. The number of halogens is 2. The minimum absolute atomic E-state index is 0.543. The van der Waals surface area contributed by atoms with Gasteiger partial charge in [0.25, 0.3) is 0 Å². The van der Waals surface area contributed by atoms with Gasteiger partial charge in [0.2, 0.25) is 11.7 Å². The highest BCUT2D eigenvalue weighted by Crippen LogP contribution is 2.25. The Morgan fingerprint density at radius 3 is 1.67 bits per heavy atom. The second-order valence-electron chi connectivity index (χ2n) is 5.01. The van der Waals surface area contributed by atoms with E-state index in [9.17, 15) is 14.4 Å². The minimum Gasteiger partial charge on any atom is -0.475 e. The summed E-state index contributed by atoms with van der Waals surface area (Å²) in [5.74, 6) is -3.49. The van der Waals surface area contributed by atoms with Crippen LogP contribution in [0.15, 0.2) is 48.5 Å². The number of hydrogen-bond donors (Lipinski definition) is 2. The molecule has 2 N–H and O–H groups in total. The zero-order valence-corrected chi connectivity index (χ0v) is 13.8. The van der Waals surface area contributed by atoms with Crippen molar-refractivity contribution in [2.75, 3.05) is 0 Å². The fraction of sp³-hybridized carbons (Fsp3) is 0.118. The van der Waals surface area contributed by atoms with Crippen molar-refractivity contribution >= 4 is 40.9 Å². The van der Waals surface area contributed by atoms with Crippen LogP contribution in [0.4, 0.5) is 0 Å². The summed E-state index contributed by atoms with van der Waals surface area (Å²) in [6, 6.07) is 13.1. The van der Waals surface area contributed by atoms with E-state index < -0.39 is 30.1 Å². The quantitative estimate of drug-likeness (QED) is 0.607. The van der Waals surface area contributed by atoms with E-state index in [-0.39, 0.29) is 0 Å². The molecular weight excluding hydrogens is 353 g/mol. The highest BCUT2D eigenvalue weighted by Gasteiger charge is 2.21. The Morgan fingerprint density at radius 1 is 0.875 bits per heavy atom. The number of nitrogens with one attached hydrogen (secondary N) is 1. The Morgan fingerprint density at radius 2 is 1.29 bits per heavy atom. The van der Waals surface area contributed by atoms with Gasteiger partial charge in [-0.15, -0.1) is 0 Å². The molecule has 0 saturated heterocycles. The topological polar surface area (TPSA) is 83.5 Å². The molecule has 24 heavy (non-hydrogen) atoms. The molecule has 0 saturated carbocycles. The molecule has 0 aromatic heterocycles. The molecule has 2 rings (SSSR count). The highest BCUT2D eigenvalue weighted by atomic mass is 35.5. The zero-order chi connectivity index (χ0) is 17.7. The lowest BCUT2D eigenvalue weighted by Crippen LogP contribution is -2.32. The van der Waals surface area contributed by atoms with Crippen LogP contribution in [0.2, 0.25) is 10.0 Å². The first-order chi connectivity index (χ1) is 11.4. The third kappa shape index (κ3) is 4.81. The summed E-state index contributed by atoms with van der Waals surface area (Å²) in [4.78, 5) is 33.8. The normalized spacial score (nSPS) is 10.5. The van der Waals surface area contributed by atoms with Gasteiger partial charge in [0.15, 0.2) is 0 Å². The van der Waals surface area contributed by atoms with Crippen LogP contribution in [0.3, 0.4) is 0 Å². The van der Waals surface area contributed by atoms with Crippen LogP contribution < -0.4 is 5.32 Å². The number of aliphatic carboxylic acids is 1.